The molecular formula is C38H69NO12. The smallest absolute Gasteiger partial charge is 0.311 e. The molecule has 0 amide bonds. The third-order valence-electron chi connectivity index (χ3n) is 12.5. The molecule has 0 aliphatic carbocycles. The first-order valence-corrected chi connectivity index (χ1v) is 19.2. The van der Waals surface area contributed by atoms with Crippen LogP contribution in [0.25, 0.3) is 0 Å². The molecule has 51 heavy (non-hydrogen) atoms. The highest BCUT2D eigenvalue weighted by Crippen LogP contribution is 2.48. The van der Waals surface area contributed by atoms with E-state index in [2.05, 4.69) is 6.92 Å². The topological polar surface area (TPSA) is 166 Å². The average Bonchev–Trinajstić information content (AvgIpc) is 3.38. The van der Waals surface area contributed by atoms with Gasteiger partial charge in [0, 0.05) is 44.4 Å². The molecule has 4 aliphatic heterocycles. The molecule has 4 aliphatic rings. The van der Waals surface area contributed by atoms with E-state index in [0.717, 1.165) is 0 Å². The second-order valence-corrected chi connectivity index (χ2v) is 17.0. The van der Waals surface area contributed by atoms with Crippen LogP contribution in [0, 0.1) is 23.7 Å². The highest BCUT2D eigenvalue weighted by molar-refractivity contribution is 5.73. The molecule has 298 valence electrons. The lowest BCUT2D eigenvalue weighted by Crippen LogP contribution is -2.60. The zero-order valence-corrected chi connectivity index (χ0v) is 33.1. The van der Waals surface area contributed by atoms with Crippen molar-refractivity contribution in [3.8, 4) is 0 Å². The van der Waals surface area contributed by atoms with Gasteiger partial charge in [-0.05, 0) is 73.8 Å². The number of hydrogen-bond acceptors (Lipinski definition) is 13. The van der Waals surface area contributed by atoms with E-state index in [1.54, 1.807) is 14.0 Å². The number of fused-ring (bicyclic) bond motifs is 2. The fourth-order valence-corrected chi connectivity index (χ4v) is 9.50. The lowest BCUT2D eigenvalue weighted by molar-refractivity contribution is -0.312. The van der Waals surface area contributed by atoms with Crippen LogP contribution in [-0.4, -0.2) is 143 Å². The number of likely N-dealkylation sites (N-methyl/N-ethyl adjacent to an activating group) is 1. The Morgan fingerprint density at radius 2 is 1.61 bits per heavy atom. The minimum atomic E-state index is -1.77. The zero-order chi connectivity index (χ0) is 38.2. The highest BCUT2D eigenvalue weighted by Gasteiger charge is 2.57. The van der Waals surface area contributed by atoms with E-state index in [0.29, 0.717) is 32.2 Å². The van der Waals surface area contributed by atoms with E-state index in [4.69, 9.17) is 33.2 Å². The molecule has 0 aromatic heterocycles. The molecular weight excluding hydrogens is 662 g/mol. The predicted molar refractivity (Wildman–Crippen MR) is 189 cm³/mol. The van der Waals surface area contributed by atoms with Crippen molar-refractivity contribution in [2.45, 2.75) is 186 Å². The Bertz CT molecular complexity index is 1140. The molecule has 0 unspecified atom stereocenters. The largest absolute Gasteiger partial charge is 0.459 e. The van der Waals surface area contributed by atoms with Gasteiger partial charge in [-0.2, -0.15) is 0 Å². The summed E-state index contributed by atoms with van der Waals surface area (Å²) < 4.78 is 45.3. The van der Waals surface area contributed by atoms with Crippen LogP contribution in [0.3, 0.4) is 0 Å². The molecule has 4 N–H and O–H groups in total. The van der Waals surface area contributed by atoms with Crippen molar-refractivity contribution in [1.82, 2.24) is 4.90 Å². The van der Waals surface area contributed by atoms with Crippen LogP contribution >= 0.6 is 0 Å². The van der Waals surface area contributed by atoms with E-state index in [1.165, 1.54) is 6.92 Å². The van der Waals surface area contributed by atoms with Crippen molar-refractivity contribution in [1.29, 1.82) is 0 Å². The lowest BCUT2D eigenvalue weighted by atomic mass is 9.76. The van der Waals surface area contributed by atoms with Crippen molar-refractivity contribution < 1.29 is 58.4 Å². The summed E-state index contributed by atoms with van der Waals surface area (Å²) in [6.07, 6.45) is -5.21. The monoisotopic (exact) mass is 731 g/mol. The quantitative estimate of drug-likeness (QED) is 0.256. The van der Waals surface area contributed by atoms with Gasteiger partial charge in [-0.3, -0.25) is 9.69 Å². The number of aliphatic hydroxyl groups excluding tert-OH is 3. The standard InChI is InChI=1S/C38H69NO12/c1-13-27-38(10,44)32(42)23(5)30-20(2)17-37(9,51-30)33(50-35-29(41)26(16-21(3)47-35)39(11)14-15-40)24(6)31(25(7)34(43)48-27)49-28-19-36(8,45-12)18-22(4)46-28/h20-33,35,40-42,44H,13-19H2,1-12H3/t20-,21+,22-,23+,24-,25+,26-,27-,28-,29+,30-,31-,32+,33+,35-,36-,37+,38+/m0/s1. The average molecular weight is 732 g/mol. The number of carbonyl (C=O) groups excluding carboxylic acids is 1. The van der Waals surface area contributed by atoms with Crippen molar-refractivity contribution in [2.24, 2.45) is 23.7 Å². The Hall–Kier alpha value is -0.970. The molecule has 13 nitrogen and oxygen atoms in total. The normalized spacial score (nSPS) is 50.3. The van der Waals surface area contributed by atoms with Gasteiger partial charge < -0.3 is 53.6 Å². The molecule has 4 heterocycles. The molecule has 0 spiro atoms. The minimum Gasteiger partial charge on any atom is -0.459 e. The zero-order valence-electron chi connectivity index (χ0n) is 33.1. The Kier molecular flexibility index (Phi) is 14.1. The molecule has 0 saturated carbocycles. The number of methoxy groups -OCH3 is 1. The summed E-state index contributed by atoms with van der Waals surface area (Å²) >= 11 is 0. The molecule has 4 fully saturated rings. The van der Waals surface area contributed by atoms with Gasteiger partial charge in [0.05, 0.1) is 60.4 Å². The fourth-order valence-electron chi connectivity index (χ4n) is 9.50. The van der Waals surface area contributed by atoms with Gasteiger partial charge in [0.2, 0.25) is 0 Å². The summed E-state index contributed by atoms with van der Waals surface area (Å²) in [6.45, 7) is 19.1. The molecule has 0 aromatic carbocycles. The fraction of sp³-hybridized carbons (Fsp3) is 0.974. The number of cyclic esters (lactones) is 1. The highest BCUT2D eigenvalue weighted by atomic mass is 16.7. The number of hydrogen-bond donors (Lipinski definition) is 4. The number of ether oxygens (including phenoxy) is 7. The Labute approximate surface area is 305 Å². The molecule has 13 heteroatoms. The van der Waals surface area contributed by atoms with Gasteiger partial charge in [-0.1, -0.05) is 27.7 Å². The van der Waals surface area contributed by atoms with Crippen LogP contribution in [0.4, 0.5) is 0 Å². The summed E-state index contributed by atoms with van der Waals surface area (Å²) in [7, 11) is 3.53. The Morgan fingerprint density at radius 1 is 0.941 bits per heavy atom. The number of nitrogens with zero attached hydrogens (tertiary/aromatic N) is 1. The summed E-state index contributed by atoms with van der Waals surface area (Å²) in [4.78, 5) is 16.1. The van der Waals surface area contributed by atoms with E-state index >= 15 is 0 Å². The second-order valence-electron chi connectivity index (χ2n) is 17.0. The van der Waals surface area contributed by atoms with Gasteiger partial charge in [0.25, 0.3) is 0 Å². The molecule has 18 atom stereocenters. The van der Waals surface area contributed by atoms with Crippen LogP contribution in [0.2, 0.25) is 0 Å². The molecule has 2 bridgehead atoms. The van der Waals surface area contributed by atoms with Crippen molar-refractivity contribution in [3.05, 3.63) is 0 Å². The van der Waals surface area contributed by atoms with E-state index < -0.39 is 89.7 Å². The lowest BCUT2D eigenvalue weighted by Gasteiger charge is -2.48. The Balaban J connectivity index is 1.82. The summed E-state index contributed by atoms with van der Waals surface area (Å²) in [5.41, 5.74) is -3.28. The van der Waals surface area contributed by atoms with Crippen LogP contribution in [0.5, 0.6) is 0 Å². The molecule has 4 rings (SSSR count). The number of carbonyl (C=O) groups is 1. The maximum absolute atomic E-state index is 14.1. The van der Waals surface area contributed by atoms with Crippen molar-refractivity contribution in [2.75, 3.05) is 27.3 Å². The van der Waals surface area contributed by atoms with E-state index in [-0.39, 0.29) is 37.2 Å². The van der Waals surface area contributed by atoms with Crippen molar-refractivity contribution >= 4 is 5.97 Å². The summed E-state index contributed by atoms with van der Waals surface area (Å²) in [5.74, 6) is -2.61. The van der Waals surface area contributed by atoms with Crippen LogP contribution in [0.1, 0.15) is 101 Å². The van der Waals surface area contributed by atoms with Gasteiger partial charge in [0.1, 0.15) is 17.8 Å². The van der Waals surface area contributed by atoms with Gasteiger partial charge in [-0.15, -0.1) is 0 Å². The van der Waals surface area contributed by atoms with Gasteiger partial charge in [0.15, 0.2) is 12.6 Å². The summed E-state index contributed by atoms with van der Waals surface area (Å²) in [6, 6.07) is -0.340. The van der Waals surface area contributed by atoms with Gasteiger partial charge >= 0.3 is 5.97 Å². The number of rotatable bonds is 9. The maximum Gasteiger partial charge on any atom is 0.311 e. The third kappa shape index (κ3) is 9.12. The van der Waals surface area contributed by atoms with E-state index in [9.17, 15) is 25.2 Å². The first-order valence-electron chi connectivity index (χ1n) is 19.2. The first-order chi connectivity index (χ1) is 23.7. The second kappa shape index (κ2) is 16.8. The van der Waals surface area contributed by atoms with Crippen molar-refractivity contribution in [3.63, 3.8) is 0 Å². The number of esters is 1. The minimum absolute atomic E-state index is 0.0550. The van der Waals surface area contributed by atoms with Crippen LogP contribution < -0.4 is 0 Å². The summed E-state index contributed by atoms with van der Waals surface area (Å²) in [5, 5.41) is 44.9. The predicted octanol–water partition coefficient (Wildman–Crippen LogP) is 3.01. The van der Waals surface area contributed by atoms with Gasteiger partial charge in [-0.25, -0.2) is 0 Å². The Morgan fingerprint density at radius 3 is 2.22 bits per heavy atom. The van der Waals surface area contributed by atoms with Crippen LogP contribution in [-0.2, 0) is 38.0 Å². The first kappa shape index (κ1) is 42.8. The molecule has 0 aromatic rings. The molecule has 0 radical (unpaired) electrons. The molecule has 4 saturated heterocycles. The SMILES string of the molecule is CC[C@@H]1OC(=O)[C@H](C)[C@@H](O[C@H]2C[C@@](C)(OC)C[C@H](C)O2)[C@H](C)[C@@H](O[C@@H]2O[C@H](C)C[C@H](N(C)CCO)[C@H]2O)[C@@]2(C)C[C@H](C)[C@H](O2)[C@@H](C)[C@@H](O)[C@]1(C)O. The van der Waals surface area contributed by atoms with E-state index in [1.807, 2.05) is 60.4 Å². The third-order valence-corrected chi connectivity index (χ3v) is 12.5. The van der Waals surface area contributed by atoms with Crippen LogP contribution in [0.15, 0.2) is 0 Å². The maximum atomic E-state index is 14.1. The number of aliphatic hydroxyl groups is 4.